The Kier molecular flexibility index (Phi) is 8.52. The molecular formula is C28H38N4O3. The molecule has 2 aliphatic heterocycles. The maximum Gasteiger partial charge on any atom is 0.251 e. The maximum absolute atomic E-state index is 12.7. The van der Waals surface area contributed by atoms with Crippen molar-refractivity contribution in [3.63, 3.8) is 0 Å². The van der Waals surface area contributed by atoms with Crippen LogP contribution in [0.5, 0.6) is 0 Å². The number of hydrogen-bond acceptors (Lipinski definition) is 5. The fraction of sp³-hybridized carbons (Fsp3) is 0.536. The number of nitrogens with zero attached hydrogens (tertiary/aromatic N) is 3. The zero-order chi connectivity index (χ0) is 24.8. The molecule has 2 amide bonds. The SMILES string of the molecule is CC(C)C(=O)N1CCC(Cc2cc(C(=O)NC[C@H](O)CN3CCc4ccccc4C3)ccn2)CC1. The predicted molar refractivity (Wildman–Crippen MR) is 136 cm³/mol. The number of carbonyl (C=O) groups excluding carboxylic acids is 2. The molecule has 0 radical (unpaired) electrons. The Labute approximate surface area is 208 Å². The highest BCUT2D eigenvalue weighted by molar-refractivity contribution is 5.94. The normalized spacial score (nSPS) is 17.8. The number of carbonyl (C=O) groups is 2. The van der Waals surface area contributed by atoms with Gasteiger partial charge in [-0.25, -0.2) is 0 Å². The number of rotatable bonds is 8. The lowest BCUT2D eigenvalue weighted by Gasteiger charge is -2.33. The summed E-state index contributed by atoms with van der Waals surface area (Å²) >= 11 is 0. The van der Waals surface area contributed by atoms with Crippen molar-refractivity contribution in [3.05, 3.63) is 65.0 Å². The number of hydrogen-bond donors (Lipinski definition) is 2. The first-order chi connectivity index (χ1) is 16.9. The van der Waals surface area contributed by atoms with Gasteiger partial charge in [0.05, 0.1) is 6.10 Å². The van der Waals surface area contributed by atoms with Gasteiger partial charge >= 0.3 is 0 Å². The largest absolute Gasteiger partial charge is 0.390 e. The molecule has 1 saturated heterocycles. The summed E-state index contributed by atoms with van der Waals surface area (Å²) in [5, 5.41) is 13.4. The Morgan fingerprint density at radius 2 is 1.86 bits per heavy atom. The third kappa shape index (κ3) is 6.89. The number of pyridine rings is 1. The molecule has 1 aromatic carbocycles. The molecule has 0 aliphatic carbocycles. The lowest BCUT2D eigenvalue weighted by Crippen LogP contribution is -2.42. The van der Waals surface area contributed by atoms with Crippen LogP contribution in [0, 0.1) is 11.8 Å². The van der Waals surface area contributed by atoms with Crippen molar-refractivity contribution in [3.8, 4) is 0 Å². The van der Waals surface area contributed by atoms with Crippen LogP contribution in [-0.2, 0) is 24.2 Å². The van der Waals surface area contributed by atoms with Gasteiger partial charge in [0, 0.05) is 62.6 Å². The molecule has 0 spiro atoms. The lowest BCUT2D eigenvalue weighted by atomic mass is 9.91. The Hall–Kier alpha value is -2.77. The lowest BCUT2D eigenvalue weighted by molar-refractivity contribution is -0.135. The second-order valence-corrected chi connectivity index (χ2v) is 10.3. The summed E-state index contributed by atoms with van der Waals surface area (Å²) in [5.41, 5.74) is 4.17. The van der Waals surface area contributed by atoms with Crippen molar-refractivity contribution in [1.29, 1.82) is 0 Å². The summed E-state index contributed by atoms with van der Waals surface area (Å²) in [5.74, 6) is 0.550. The molecule has 0 saturated carbocycles. The van der Waals surface area contributed by atoms with Crippen LogP contribution in [0.3, 0.4) is 0 Å². The number of benzene rings is 1. The van der Waals surface area contributed by atoms with E-state index in [1.807, 2.05) is 24.8 Å². The molecule has 188 valence electrons. The fourth-order valence-electron chi connectivity index (χ4n) is 5.13. The van der Waals surface area contributed by atoms with Crippen molar-refractivity contribution in [2.24, 2.45) is 11.8 Å². The van der Waals surface area contributed by atoms with E-state index in [0.29, 0.717) is 18.0 Å². The van der Waals surface area contributed by atoms with Crippen molar-refractivity contribution < 1.29 is 14.7 Å². The molecular weight excluding hydrogens is 440 g/mol. The Bertz CT molecular complexity index is 1020. The number of likely N-dealkylation sites (tertiary alicyclic amines) is 1. The van der Waals surface area contributed by atoms with Crippen LogP contribution in [0.1, 0.15) is 53.9 Å². The van der Waals surface area contributed by atoms with E-state index in [4.69, 9.17) is 0 Å². The number of nitrogens with one attached hydrogen (secondary N) is 1. The number of amides is 2. The zero-order valence-electron chi connectivity index (χ0n) is 20.9. The Morgan fingerprint density at radius 1 is 1.11 bits per heavy atom. The van der Waals surface area contributed by atoms with Crippen molar-refractivity contribution in [2.75, 3.05) is 32.7 Å². The summed E-state index contributed by atoms with van der Waals surface area (Å²) in [4.78, 5) is 33.6. The van der Waals surface area contributed by atoms with E-state index in [2.05, 4.69) is 39.5 Å². The molecule has 1 fully saturated rings. The van der Waals surface area contributed by atoms with Crippen LogP contribution in [-0.4, -0.2) is 70.5 Å². The van der Waals surface area contributed by atoms with Gasteiger partial charge in [0.25, 0.3) is 5.91 Å². The van der Waals surface area contributed by atoms with Crippen LogP contribution in [0.15, 0.2) is 42.6 Å². The zero-order valence-corrected chi connectivity index (χ0v) is 20.9. The van der Waals surface area contributed by atoms with E-state index in [-0.39, 0.29) is 24.3 Å². The maximum atomic E-state index is 12.7. The topological polar surface area (TPSA) is 85.8 Å². The summed E-state index contributed by atoms with van der Waals surface area (Å²) < 4.78 is 0. The number of aliphatic hydroxyl groups is 1. The number of piperidine rings is 1. The molecule has 0 bridgehead atoms. The number of aliphatic hydroxyl groups excluding tert-OH is 1. The smallest absolute Gasteiger partial charge is 0.251 e. The standard InChI is InChI=1S/C28H38N4O3/c1-20(2)28(35)32-13-8-21(9-14-32)15-25-16-23(7-11-29-25)27(34)30-17-26(33)19-31-12-10-22-5-3-4-6-24(22)18-31/h3-7,11,16,20-21,26,33H,8-10,12-15,17-19H2,1-2H3,(H,30,34)/t26-/m0/s1. The van der Waals surface area contributed by atoms with Crippen molar-refractivity contribution in [2.45, 2.75) is 52.2 Å². The first-order valence-electron chi connectivity index (χ1n) is 12.9. The van der Waals surface area contributed by atoms with Gasteiger partial charge in [-0.15, -0.1) is 0 Å². The highest BCUT2D eigenvalue weighted by Crippen LogP contribution is 2.22. The third-order valence-electron chi connectivity index (χ3n) is 7.17. The van der Waals surface area contributed by atoms with E-state index in [1.165, 1.54) is 11.1 Å². The average Bonchev–Trinajstić information content (AvgIpc) is 2.87. The summed E-state index contributed by atoms with van der Waals surface area (Å²) in [6.45, 7) is 7.98. The molecule has 4 rings (SSSR count). The molecule has 1 aromatic heterocycles. The summed E-state index contributed by atoms with van der Waals surface area (Å²) in [7, 11) is 0. The quantitative estimate of drug-likeness (QED) is 0.609. The number of aromatic nitrogens is 1. The van der Waals surface area contributed by atoms with Crippen LogP contribution in [0.25, 0.3) is 0 Å². The molecule has 7 heteroatoms. The minimum Gasteiger partial charge on any atom is -0.390 e. The van der Waals surface area contributed by atoms with E-state index >= 15 is 0 Å². The molecule has 2 aliphatic rings. The van der Waals surface area contributed by atoms with E-state index in [9.17, 15) is 14.7 Å². The van der Waals surface area contributed by atoms with E-state index in [0.717, 1.165) is 57.6 Å². The first-order valence-corrected chi connectivity index (χ1v) is 12.9. The van der Waals surface area contributed by atoms with Crippen molar-refractivity contribution >= 4 is 11.8 Å². The second-order valence-electron chi connectivity index (χ2n) is 10.3. The van der Waals surface area contributed by atoms with Gasteiger partial charge in [-0.2, -0.15) is 0 Å². The van der Waals surface area contributed by atoms with Crippen LogP contribution in [0.4, 0.5) is 0 Å². The molecule has 7 nitrogen and oxygen atoms in total. The van der Waals surface area contributed by atoms with Crippen LogP contribution in [0.2, 0.25) is 0 Å². The van der Waals surface area contributed by atoms with Gasteiger partial charge in [0.15, 0.2) is 0 Å². The molecule has 2 N–H and O–H groups in total. The monoisotopic (exact) mass is 478 g/mol. The first kappa shape index (κ1) is 25.3. The summed E-state index contributed by atoms with van der Waals surface area (Å²) in [6.07, 6.45) is 4.78. The number of fused-ring (bicyclic) bond motifs is 1. The van der Waals surface area contributed by atoms with Crippen LogP contribution >= 0.6 is 0 Å². The average molecular weight is 479 g/mol. The van der Waals surface area contributed by atoms with Gasteiger partial charge < -0.3 is 15.3 Å². The van der Waals surface area contributed by atoms with Gasteiger partial charge in [-0.3, -0.25) is 19.5 Å². The minimum absolute atomic E-state index is 0.0403. The van der Waals surface area contributed by atoms with Gasteiger partial charge in [0.1, 0.15) is 0 Å². The van der Waals surface area contributed by atoms with Gasteiger partial charge in [-0.1, -0.05) is 38.1 Å². The molecule has 1 atom stereocenters. The van der Waals surface area contributed by atoms with Crippen LogP contribution < -0.4 is 5.32 Å². The molecule has 0 unspecified atom stereocenters. The Balaban J connectivity index is 1.22. The molecule has 35 heavy (non-hydrogen) atoms. The highest BCUT2D eigenvalue weighted by Gasteiger charge is 2.25. The highest BCUT2D eigenvalue weighted by atomic mass is 16.3. The second kappa shape index (κ2) is 11.8. The fourth-order valence-corrected chi connectivity index (χ4v) is 5.13. The Morgan fingerprint density at radius 3 is 2.60 bits per heavy atom. The van der Waals surface area contributed by atoms with Crippen molar-refractivity contribution in [1.82, 2.24) is 20.1 Å². The minimum atomic E-state index is -0.621. The summed E-state index contributed by atoms with van der Waals surface area (Å²) in [6, 6.07) is 12.0. The van der Waals surface area contributed by atoms with E-state index < -0.39 is 6.10 Å². The third-order valence-corrected chi connectivity index (χ3v) is 7.17. The van der Waals surface area contributed by atoms with Gasteiger partial charge in [0.2, 0.25) is 5.91 Å². The van der Waals surface area contributed by atoms with E-state index in [1.54, 1.807) is 12.3 Å². The molecule has 3 heterocycles. The molecule has 2 aromatic rings. The number of β-amino-alcohol motifs (C(OH)–C–C–N with tert-alkyl or cyclic N) is 1. The van der Waals surface area contributed by atoms with Gasteiger partial charge in [-0.05, 0) is 54.9 Å². The predicted octanol–water partition coefficient (Wildman–Crippen LogP) is 2.67.